The first-order chi connectivity index (χ1) is 14.0. The molecule has 0 saturated carbocycles. The highest BCUT2D eigenvalue weighted by molar-refractivity contribution is 9.10. The highest BCUT2D eigenvalue weighted by Gasteiger charge is 2.59. The Balaban J connectivity index is 1.83. The number of fused-ring (bicyclic) bond motifs is 1. The molecule has 1 fully saturated rings. The zero-order valence-electron chi connectivity index (χ0n) is 15.5. The first-order valence-corrected chi connectivity index (χ1v) is 9.49. The minimum Gasteiger partial charge on any atom is -0.495 e. The second-order valence-corrected chi connectivity index (χ2v) is 7.32. The number of carbonyl (C=O) groups is 3. The monoisotopic (exact) mass is 457 g/mol. The van der Waals surface area contributed by atoms with Crippen molar-refractivity contribution in [2.45, 2.75) is 6.04 Å². The first-order valence-electron chi connectivity index (χ1n) is 8.70. The SMILES string of the molecule is COC(=O)C1=NN(c2ccccc2OC)[C@H]2C(=O)N(c3ccc(Br)cc3)C(=O)[C@H]12. The van der Waals surface area contributed by atoms with E-state index in [-0.39, 0.29) is 5.71 Å². The van der Waals surface area contributed by atoms with Crippen LogP contribution in [0.4, 0.5) is 11.4 Å². The minimum absolute atomic E-state index is 0.110. The second kappa shape index (κ2) is 7.32. The lowest BCUT2D eigenvalue weighted by Crippen LogP contribution is -2.39. The van der Waals surface area contributed by atoms with Gasteiger partial charge in [0.2, 0.25) is 5.91 Å². The van der Waals surface area contributed by atoms with Crippen LogP contribution in [0.2, 0.25) is 0 Å². The number of para-hydroxylation sites is 2. The smallest absolute Gasteiger partial charge is 0.355 e. The van der Waals surface area contributed by atoms with Gasteiger partial charge in [-0.1, -0.05) is 28.1 Å². The van der Waals surface area contributed by atoms with Gasteiger partial charge < -0.3 is 9.47 Å². The number of methoxy groups -OCH3 is 2. The molecule has 0 aromatic heterocycles. The summed E-state index contributed by atoms with van der Waals surface area (Å²) >= 11 is 3.34. The van der Waals surface area contributed by atoms with E-state index in [4.69, 9.17) is 9.47 Å². The van der Waals surface area contributed by atoms with E-state index in [1.54, 1.807) is 48.5 Å². The Morgan fingerprint density at radius 1 is 1.03 bits per heavy atom. The van der Waals surface area contributed by atoms with Gasteiger partial charge in [0, 0.05) is 4.47 Å². The molecule has 2 amide bonds. The van der Waals surface area contributed by atoms with Crippen molar-refractivity contribution in [1.82, 2.24) is 0 Å². The van der Waals surface area contributed by atoms with Crippen LogP contribution in [0.3, 0.4) is 0 Å². The lowest BCUT2D eigenvalue weighted by Gasteiger charge is -2.23. The zero-order valence-corrected chi connectivity index (χ0v) is 17.1. The molecule has 2 aliphatic rings. The third kappa shape index (κ3) is 2.98. The molecule has 0 unspecified atom stereocenters. The molecule has 0 N–H and O–H groups in total. The largest absolute Gasteiger partial charge is 0.495 e. The van der Waals surface area contributed by atoms with Crippen LogP contribution >= 0.6 is 15.9 Å². The number of hydrogen-bond acceptors (Lipinski definition) is 7. The fraction of sp³-hybridized carbons (Fsp3) is 0.200. The van der Waals surface area contributed by atoms with Crippen molar-refractivity contribution in [2.24, 2.45) is 11.0 Å². The number of hydrazone groups is 1. The maximum absolute atomic E-state index is 13.3. The van der Waals surface area contributed by atoms with Crippen LogP contribution in [0.15, 0.2) is 58.1 Å². The summed E-state index contributed by atoms with van der Waals surface area (Å²) in [5.41, 5.74) is 0.783. The predicted molar refractivity (Wildman–Crippen MR) is 109 cm³/mol. The molecule has 4 rings (SSSR count). The molecule has 148 valence electrons. The van der Waals surface area contributed by atoms with Crippen molar-refractivity contribution in [3.63, 3.8) is 0 Å². The standard InChI is InChI=1S/C20H16BrN3O5/c1-28-14-6-4-3-5-13(14)24-17-15(16(22-24)20(27)29-2)18(25)23(19(17)26)12-9-7-11(21)8-10-12/h3-10,15,17H,1-2H3/t15-,17-/m1/s1. The van der Waals surface area contributed by atoms with Gasteiger partial charge in [-0.25, -0.2) is 14.7 Å². The summed E-state index contributed by atoms with van der Waals surface area (Å²) in [6.45, 7) is 0. The second-order valence-electron chi connectivity index (χ2n) is 6.40. The fourth-order valence-corrected chi connectivity index (χ4v) is 3.81. The number of halogens is 1. The van der Waals surface area contributed by atoms with Crippen LogP contribution in [-0.4, -0.2) is 43.8 Å². The highest BCUT2D eigenvalue weighted by Crippen LogP contribution is 2.41. The number of carbonyl (C=O) groups excluding carboxylic acids is 3. The van der Waals surface area contributed by atoms with E-state index in [0.717, 1.165) is 9.37 Å². The Bertz CT molecular complexity index is 1040. The minimum atomic E-state index is -1.07. The van der Waals surface area contributed by atoms with Crippen molar-refractivity contribution in [3.8, 4) is 5.75 Å². The van der Waals surface area contributed by atoms with Crippen molar-refractivity contribution in [1.29, 1.82) is 0 Å². The Hall–Kier alpha value is -3.20. The summed E-state index contributed by atoms with van der Waals surface area (Å²) in [6, 6.07) is 12.7. The van der Waals surface area contributed by atoms with Gasteiger partial charge in [0.05, 0.1) is 19.9 Å². The fourth-order valence-electron chi connectivity index (χ4n) is 3.55. The Morgan fingerprint density at radius 3 is 2.38 bits per heavy atom. The maximum atomic E-state index is 13.3. The molecule has 2 aromatic rings. The third-order valence-electron chi connectivity index (χ3n) is 4.86. The number of ether oxygens (including phenoxy) is 2. The predicted octanol–water partition coefficient (Wildman–Crippen LogP) is 2.36. The van der Waals surface area contributed by atoms with E-state index in [1.807, 2.05) is 0 Å². The summed E-state index contributed by atoms with van der Waals surface area (Å²) < 4.78 is 11.0. The molecule has 2 aromatic carbocycles. The normalized spacial score (nSPS) is 20.6. The number of nitrogens with zero attached hydrogens (tertiary/aromatic N) is 3. The topological polar surface area (TPSA) is 88.5 Å². The number of benzene rings is 2. The van der Waals surface area contributed by atoms with Gasteiger partial charge in [-0.2, -0.15) is 5.10 Å². The number of esters is 1. The van der Waals surface area contributed by atoms with Crippen LogP contribution in [0.5, 0.6) is 5.75 Å². The molecule has 29 heavy (non-hydrogen) atoms. The summed E-state index contributed by atoms with van der Waals surface area (Å²) in [5.74, 6) is -2.36. The maximum Gasteiger partial charge on any atom is 0.355 e. The summed E-state index contributed by atoms with van der Waals surface area (Å²) in [6.07, 6.45) is 0. The van der Waals surface area contributed by atoms with Crippen LogP contribution < -0.4 is 14.6 Å². The number of hydrogen-bond donors (Lipinski definition) is 0. The van der Waals surface area contributed by atoms with Crippen LogP contribution in [0.25, 0.3) is 0 Å². The van der Waals surface area contributed by atoms with Crippen molar-refractivity contribution in [3.05, 3.63) is 53.0 Å². The van der Waals surface area contributed by atoms with Gasteiger partial charge in [0.15, 0.2) is 5.71 Å². The number of amides is 2. The molecule has 8 nitrogen and oxygen atoms in total. The average Bonchev–Trinajstić information content (AvgIpc) is 3.25. The average molecular weight is 458 g/mol. The summed E-state index contributed by atoms with van der Waals surface area (Å²) in [5, 5.41) is 5.65. The molecule has 0 bridgehead atoms. The van der Waals surface area contributed by atoms with Gasteiger partial charge in [-0.05, 0) is 36.4 Å². The summed E-state index contributed by atoms with van der Waals surface area (Å²) in [4.78, 5) is 39.9. The highest BCUT2D eigenvalue weighted by atomic mass is 79.9. The van der Waals surface area contributed by atoms with E-state index in [9.17, 15) is 14.4 Å². The van der Waals surface area contributed by atoms with Crippen LogP contribution in [0, 0.1) is 5.92 Å². The van der Waals surface area contributed by atoms with E-state index in [2.05, 4.69) is 21.0 Å². The molecule has 0 spiro atoms. The third-order valence-corrected chi connectivity index (χ3v) is 5.39. The van der Waals surface area contributed by atoms with Crippen molar-refractivity contribution >= 4 is 50.8 Å². The van der Waals surface area contributed by atoms with Crippen LogP contribution in [0.1, 0.15) is 0 Å². The van der Waals surface area contributed by atoms with Gasteiger partial charge in [-0.15, -0.1) is 0 Å². The Morgan fingerprint density at radius 2 is 1.72 bits per heavy atom. The Kier molecular flexibility index (Phi) is 4.83. The van der Waals surface area contributed by atoms with E-state index in [1.165, 1.54) is 19.2 Å². The van der Waals surface area contributed by atoms with Crippen molar-refractivity contribution in [2.75, 3.05) is 24.1 Å². The van der Waals surface area contributed by atoms with E-state index < -0.39 is 29.7 Å². The van der Waals surface area contributed by atoms with E-state index in [0.29, 0.717) is 17.1 Å². The molecule has 9 heteroatoms. The molecule has 2 atom stereocenters. The molecule has 2 heterocycles. The first kappa shape index (κ1) is 19.1. The van der Waals surface area contributed by atoms with E-state index >= 15 is 0 Å². The molecule has 1 saturated heterocycles. The van der Waals surface area contributed by atoms with Gasteiger partial charge in [0.1, 0.15) is 23.4 Å². The Labute approximate surface area is 174 Å². The number of anilines is 2. The summed E-state index contributed by atoms with van der Waals surface area (Å²) in [7, 11) is 2.70. The number of rotatable bonds is 4. The molecular weight excluding hydrogens is 442 g/mol. The van der Waals surface area contributed by atoms with Gasteiger partial charge in [-0.3, -0.25) is 9.59 Å². The van der Waals surface area contributed by atoms with Gasteiger partial charge in [0.25, 0.3) is 5.91 Å². The molecular formula is C20H16BrN3O5. The van der Waals surface area contributed by atoms with Crippen LogP contribution in [-0.2, 0) is 19.1 Å². The quantitative estimate of drug-likeness (QED) is 0.517. The lowest BCUT2D eigenvalue weighted by molar-refractivity contribution is -0.133. The molecule has 0 aliphatic carbocycles. The zero-order chi connectivity index (χ0) is 20.7. The molecule has 2 aliphatic heterocycles. The van der Waals surface area contributed by atoms with Crippen molar-refractivity contribution < 1.29 is 23.9 Å². The lowest BCUT2D eigenvalue weighted by atomic mass is 9.97. The number of imide groups is 1. The molecule has 0 radical (unpaired) electrons. The van der Waals surface area contributed by atoms with Gasteiger partial charge >= 0.3 is 5.97 Å².